The van der Waals surface area contributed by atoms with E-state index in [1.54, 1.807) is 30.3 Å². The number of fused-ring (bicyclic) bond motifs is 2. The Labute approximate surface area is 169 Å². The number of hydrogen-bond acceptors (Lipinski definition) is 5. The topological polar surface area (TPSA) is 59.8 Å². The molecule has 5 nitrogen and oxygen atoms in total. The maximum Gasteiger partial charge on any atom is 0.347 e. The van der Waals surface area contributed by atoms with Crippen molar-refractivity contribution in [2.45, 2.75) is 38.6 Å². The van der Waals surface area contributed by atoms with E-state index in [0.717, 1.165) is 17.5 Å². The Morgan fingerprint density at radius 3 is 2.62 bits per heavy atom. The van der Waals surface area contributed by atoms with E-state index in [1.165, 1.54) is 12.7 Å². The number of rotatable bonds is 3. The molecule has 1 aliphatic rings. The summed E-state index contributed by atoms with van der Waals surface area (Å²) in [5.74, 6) is 0.392. The second kappa shape index (κ2) is 6.76. The largest absolute Gasteiger partial charge is 0.496 e. The van der Waals surface area contributed by atoms with Gasteiger partial charge in [0.2, 0.25) is 5.78 Å². The molecule has 5 heteroatoms. The fraction of sp³-hybridized carbons (Fsp3) is 0.333. The molecule has 0 N–H and O–H groups in total. The number of ether oxygens (including phenoxy) is 1. The summed E-state index contributed by atoms with van der Waals surface area (Å²) in [6.07, 6.45) is 1.02. The molecular weight excluding hydrogens is 366 g/mol. The molecule has 29 heavy (non-hydrogen) atoms. The molecular formula is C24H25NO4. The second-order valence-electron chi connectivity index (χ2n) is 8.40. The minimum absolute atomic E-state index is 0.0131. The van der Waals surface area contributed by atoms with Crippen molar-refractivity contribution in [1.82, 2.24) is 0 Å². The van der Waals surface area contributed by atoms with Gasteiger partial charge in [-0.1, -0.05) is 19.1 Å². The van der Waals surface area contributed by atoms with Gasteiger partial charge in [-0.15, -0.1) is 0 Å². The molecule has 3 aromatic rings. The molecule has 1 aromatic heterocycles. The molecule has 0 unspecified atom stereocenters. The van der Waals surface area contributed by atoms with Crippen LogP contribution in [0.5, 0.6) is 5.75 Å². The first kappa shape index (κ1) is 19.2. The molecule has 0 amide bonds. The number of nitrogens with zero attached hydrogens (tertiary/aromatic N) is 1. The van der Waals surface area contributed by atoms with E-state index in [1.807, 2.05) is 12.1 Å². The van der Waals surface area contributed by atoms with E-state index in [4.69, 9.17) is 9.15 Å². The van der Waals surface area contributed by atoms with Gasteiger partial charge >= 0.3 is 5.63 Å². The molecule has 2 heterocycles. The zero-order valence-electron chi connectivity index (χ0n) is 17.4. The zero-order chi connectivity index (χ0) is 20.9. The van der Waals surface area contributed by atoms with Crippen molar-refractivity contribution in [1.29, 1.82) is 0 Å². The molecule has 0 saturated heterocycles. The first-order chi connectivity index (χ1) is 13.7. The Kier molecular flexibility index (Phi) is 4.49. The fourth-order valence-electron chi connectivity index (χ4n) is 4.32. The average molecular weight is 391 g/mol. The lowest BCUT2D eigenvalue weighted by Gasteiger charge is -2.45. The van der Waals surface area contributed by atoms with Gasteiger partial charge in [-0.25, -0.2) is 4.79 Å². The first-order valence-corrected chi connectivity index (χ1v) is 9.76. The molecule has 1 atom stereocenters. The maximum absolute atomic E-state index is 13.0. The monoisotopic (exact) mass is 391 g/mol. The van der Waals surface area contributed by atoms with Crippen LogP contribution < -0.4 is 15.3 Å². The lowest BCUT2D eigenvalue weighted by Crippen LogP contribution is -2.45. The fourth-order valence-corrected chi connectivity index (χ4v) is 4.32. The van der Waals surface area contributed by atoms with Crippen LogP contribution in [-0.4, -0.2) is 25.5 Å². The van der Waals surface area contributed by atoms with Crippen molar-refractivity contribution >= 4 is 22.4 Å². The van der Waals surface area contributed by atoms with Crippen LogP contribution in [0.15, 0.2) is 51.7 Å². The highest BCUT2D eigenvalue weighted by Crippen LogP contribution is 2.43. The molecule has 4 rings (SSSR count). The lowest BCUT2D eigenvalue weighted by molar-refractivity contribution is 0.103. The van der Waals surface area contributed by atoms with Crippen LogP contribution in [-0.2, 0) is 0 Å². The standard InChI is InChI=1S/C24H25NO4/c1-14-13-24(2,3)25(4)19-12-21-15(10-17(14)19)11-18(23(27)29-21)22(26)16-8-6-7-9-20(16)28-5/h6-12,14H,13H2,1-5H3/t14-/m1/s1. The SMILES string of the molecule is COc1ccccc1C(=O)c1cc2cc3c(cc2oc1=O)N(C)C(C)(C)C[C@H]3C. The summed E-state index contributed by atoms with van der Waals surface area (Å²) in [5, 5.41) is 0.751. The van der Waals surface area contributed by atoms with Gasteiger partial charge in [-0.05, 0) is 56.0 Å². The molecule has 0 fully saturated rings. The molecule has 0 saturated carbocycles. The van der Waals surface area contributed by atoms with Crippen molar-refractivity contribution in [2.75, 3.05) is 19.1 Å². The molecule has 150 valence electrons. The number of carbonyl (C=O) groups excluding carboxylic acids is 1. The molecule has 0 aliphatic carbocycles. The van der Waals surface area contributed by atoms with Gasteiger partial charge in [-0.3, -0.25) is 4.79 Å². The summed E-state index contributed by atoms with van der Waals surface area (Å²) in [7, 11) is 3.56. The Hall–Kier alpha value is -3.08. The Morgan fingerprint density at radius 1 is 1.17 bits per heavy atom. The predicted octanol–water partition coefficient (Wildman–Crippen LogP) is 4.75. The smallest absolute Gasteiger partial charge is 0.347 e. The summed E-state index contributed by atoms with van der Waals surface area (Å²) >= 11 is 0. The minimum Gasteiger partial charge on any atom is -0.496 e. The van der Waals surface area contributed by atoms with Crippen LogP contribution in [0.2, 0.25) is 0 Å². The lowest BCUT2D eigenvalue weighted by atomic mass is 9.80. The van der Waals surface area contributed by atoms with Crippen LogP contribution in [0.1, 0.15) is 54.6 Å². The van der Waals surface area contributed by atoms with Gasteiger partial charge < -0.3 is 14.1 Å². The predicted molar refractivity (Wildman–Crippen MR) is 114 cm³/mol. The van der Waals surface area contributed by atoms with Crippen molar-refractivity contribution in [3.05, 3.63) is 69.6 Å². The molecule has 0 spiro atoms. The number of anilines is 1. The van der Waals surface area contributed by atoms with Crippen molar-refractivity contribution in [3.8, 4) is 5.75 Å². The van der Waals surface area contributed by atoms with Crippen LogP contribution in [0.25, 0.3) is 11.0 Å². The average Bonchev–Trinajstić information content (AvgIpc) is 2.70. The third kappa shape index (κ3) is 3.11. The summed E-state index contributed by atoms with van der Waals surface area (Å²) in [6, 6.07) is 12.5. The van der Waals surface area contributed by atoms with Crippen molar-refractivity contribution in [3.63, 3.8) is 0 Å². The van der Waals surface area contributed by atoms with Crippen molar-refractivity contribution < 1.29 is 13.9 Å². The summed E-state index contributed by atoms with van der Waals surface area (Å²) in [6.45, 7) is 6.63. The summed E-state index contributed by atoms with van der Waals surface area (Å²) in [5.41, 5.74) is 2.48. The van der Waals surface area contributed by atoms with Crippen LogP contribution in [0.4, 0.5) is 5.69 Å². The highest BCUT2D eigenvalue weighted by molar-refractivity contribution is 6.11. The second-order valence-corrected chi connectivity index (χ2v) is 8.40. The van der Waals surface area contributed by atoms with Gasteiger partial charge in [0.15, 0.2) is 0 Å². The summed E-state index contributed by atoms with van der Waals surface area (Å²) in [4.78, 5) is 27.9. The van der Waals surface area contributed by atoms with Gasteiger partial charge in [-0.2, -0.15) is 0 Å². The van der Waals surface area contributed by atoms with Crippen LogP contribution in [0.3, 0.4) is 0 Å². The third-order valence-corrected chi connectivity index (χ3v) is 6.08. The first-order valence-electron chi connectivity index (χ1n) is 9.76. The third-order valence-electron chi connectivity index (χ3n) is 6.08. The number of hydrogen-bond donors (Lipinski definition) is 0. The Morgan fingerprint density at radius 2 is 1.90 bits per heavy atom. The van der Waals surface area contributed by atoms with E-state index in [-0.39, 0.29) is 11.1 Å². The van der Waals surface area contributed by atoms with Gasteiger partial charge in [0.1, 0.15) is 16.9 Å². The zero-order valence-corrected chi connectivity index (χ0v) is 17.4. The molecule has 1 aliphatic heterocycles. The molecule has 0 bridgehead atoms. The van der Waals surface area contributed by atoms with Crippen LogP contribution >= 0.6 is 0 Å². The van der Waals surface area contributed by atoms with Gasteiger partial charge in [0.05, 0.1) is 12.7 Å². The van der Waals surface area contributed by atoms with E-state index in [9.17, 15) is 9.59 Å². The number of benzene rings is 2. The Balaban J connectivity index is 1.87. The molecule has 0 radical (unpaired) electrons. The van der Waals surface area contributed by atoms with Crippen molar-refractivity contribution in [2.24, 2.45) is 0 Å². The van der Waals surface area contributed by atoms with Gasteiger partial charge in [0, 0.05) is 29.7 Å². The highest BCUT2D eigenvalue weighted by Gasteiger charge is 2.34. The van der Waals surface area contributed by atoms with E-state index >= 15 is 0 Å². The highest BCUT2D eigenvalue weighted by atomic mass is 16.5. The summed E-state index contributed by atoms with van der Waals surface area (Å²) < 4.78 is 10.9. The van der Waals surface area contributed by atoms with Gasteiger partial charge in [0.25, 0.3) is 0 Å². The number of methoxy groups -OCH3 is 1. The maximum atomic E-state index is 13.0. The van der Waals surface area contributed by atoms with Crippen LogP contribution in [0, 0.1) is 0 Å². The Bertz CT molecular complexity index is 1180. The van der Waals surface area contributed by atoms with E-state index in [2.05, 4.69) is 32.7 Å². The quantitative estimate of drug-likeness (QED) is 0.476. The number of carbonyl (C=O) groups is 1. The van der Waals surface area contributed by atoms with E-state index < -0.39 is 11.4 Å². The number of ketones is 1. The minimum atomic E-state index is -0.640. The number of para-hydroxylation sites is 1. The molecule has 2 aromatic carbocycles. The normalized spacial score (nSPS) is 17.8. The van der Waals surface area contributed by atoms with E-state index in [0.29, 0.717) is 22.8 Å².